The van der Waals surface area contributed by atoms with Crippen LogP contribution in [0.15, 0.2) is 0 Å². The second kappa shape index (κ2) is 2.84. The summed E-state index contributed by atoms with van der Waals surface area (Å²) < 4.78 is 0. The van der Waals surface area contributed by atoms with Crippen molar-refractivity contribution >= 4 is 5.78 Å². The molecule has 0 radical (unpaired) electrons. The van der Waals surface area contributed by atoms with E-state index < -0.39 is 0 Å². The van der Waals surface area contributed by atoms with Crippen molar-refractivity contribution in [2.24, 2.45) is 11.8 Å². The van der Waals surface area contributed by atoms with Crippen LogP contribution in [-0.4, -0.2) is 30.3 Å². The molecule has 2 heteroatoms. The fourth-order valence-corrected chi connectivity index (χ4v) is 3.13. The normalized spacial score (nSPS) is 41.7. The molecule has 68 valence electrons. The fourth-order valence-electron chi connectivity index (χ4n) is 3.13. The van der Waals surface area contributed by atoms with Crippen LogP contribution in [0.1, 0.15) is 26.2 Å². The number of ketones is 1. The van der Waals surface area contributed by atoms with Gasteiger partial charge in [-0.3, -0.25) is 9.69 Å². The number of hydrogen-bond donors (Lipinski definition) is 0. The molecular weight excluding hydrogens is 150 g/mol. The van der Waals surface area contributed by atoms with Crippen LogP contribution in [0.4, 0.5) is 0 Å². The molecule has 1 heterocycles. The third kappa shape index (κ3) is 1.09. The van der Waals surface area contributed by atoms with E-state index in [1.54, 1.807) is 6.92 Å². The molecule has 0 bridgehead atoms. The van der Waals surface area contributed by atoms with Gasteiger partial charge in [-0.2, -0.15) is 0 Å². The lowest BCUT2D eigenvalue weighted by molar-refractivity contribution is -0.121. The number of Topliss-reactive ketones (excluding diaryl/α,β-unsaturated/α-hetero) is 1. The third-order valence-electron chi connectivity index (χ3n) is 3.54. The molecule has 1 aliphatic carbocycles. The standard InChI is InChI=1S/C10H17NO/c1-7(12)10-9-5-3-4-8(9)6-11(10)2/h8-10H,3-6H2,1-2H3/t8?,9-,10+/m0/s1. The second-order valence-corrected chi connectivity index (χ2v) is 4.35. The van der Waals surface area contributed by atoms with E-state index in [1.165, 1.54) is 19.3 Å². The van der Waals surface area contributed by atoms with Crippen molar-refractivity contribution in [1.29, 1.82) is 0 Å². The minimum Gasteiger partial charge on any atom is -0.298 e. The van der Waals surface area contributed by atoms with E-state index in [1.807, 2.05) is 0 Å². The molecule has 1 aliphatic heterocycles. The Morgan fingerprint density at radius 1 is 1.42 bits per heavy atom. The summed E-state index contributed by atoms with van der Waals surface area (Å²) in [6.07, 6.45) is 3.96. The molecule has 1 saturated heterocycles. The molecule has 2 aliphatic rings. The van der Waals surface area contributed by atoms with E-state index in [4.69, 9.17) is 0 Å². The highest BCUT2D eigenvalue weighted by molar-refractivity contribution is 5.82. The van der Waals surface area contributed by atoms with E-state index in [0.29, 0.717) is 11.7 Å². The van der Waals surface area contributed by atoms with Gasteiger partial charge in [-0.1, -0.05) is 6.42 Å². The van der Waals surface area contributed by atoms with Crippen molar-refractivity contribution < 1.29 is 4.79 Å². The van der Waals surface area contributed by atoms with Crippen LogP contribution in [0.5, 0.6) is 0 Å². The number of likely N-dealkylation sites (tertiary alicyclic amines) is 1. The summed E-state index contributed by atoms with van der Waals surface area (Å²) in [5, 5.41) is 0. The Morgan fingerprint density at radius 2 is 2.17 bits per heavy atom. The van der Waals surface area contributed by atoms with Gasteiger partial charge in [0.15, 0.2) is 0 Å². The molecular formula is C10H17NO. The number of rotatable bonds is 1. The molecule has 3 atom stereocenters. The first-order chi connectivity index (χ1) is 5.70. The Morgan fingerprint density at radius 3 is 2.83 bits per heavy atom. The summed E-state index contributed by atoms with van der Waals surface area (Å²) in [5.74, 6) is 1.88. The van der Waals surface area contributed by atoms with Gasteiger partial charge in [-0.05, 0) is 38.6 Å². The van der Waals surface area contributed by atoms with Crippen molar-refractivity contribution in [3.05, 3.63) is 0 Å². The molecule has 1 unspecified atom stereocenters. The van der Waals surface area contributed by atoms with Crippen LogP contribution in [0.2, 0.25) is 0 Å². The van der Waals surface area contributed by atoms with E-state index >= 15 is 0 Å². The van der Waals surface area contributed by atoms with Crippen LogP contribution in [0.3, 0.4) is 0 Å². The summed E-state index contributed by atoms with van der Waals surface area (Å²) in [4.78, 5) is 13.6. The van der Waals surface area contributed by atoms with Gasteiger partial charge in [0.2, 0.25) is 0 Å². The van der Waals surface area contributed by atoms with E-state index in [0.717, 1.165) is 12.5 Å². The second-order valence-electron chi connectivity index (χ2n) is 4.35. The molecule has 2 fully saturated rings. The maximum absolute atomic E-state index is 11.4. The number of hydrogen-bond acceptors (Lipinski definition) is 2. The lowest BCUT2D eigenvalue weighted by Gasteiger charge is -2.20. The van der Waals surface area contributed by atoms with E-state index in [2.05, 4.69) is 11.9 Å². The highest BCUT2D eigenvalue weighted by atomic mass is 16.1. The molecule has 0 amide bonds. The van der Waals surface area contributed by atoms with Crippen LogP contribution >= 0.6 is 0 Å². The SMILES string of the molecule is CC(=O)[C@@H]1[C@H]2CCCC2CN1C. The van der Waals surface area contributed by atoms with Crippen molar-refractivity contribution in [3.8, 4) is 0 Å². The van der Waals surface area contributed by atoms with Crippen LogP contribution in [0.25, 0.3) is 0 Å². The lowest BCUT2D eigenvalue weighted by atomic mass is 9.92. The molecule has 1 saturated carbocycles. The molecule has 0 N–H and O–H groups in total. The fraction of sp³-hybridized carbons (Fsp3) is 0.900. The van der Waals surface area contributed by atoms with Crippen molar-refractivity contribution in [2.75, 3.05) is 13.6 Å². The smallest absolute Gasteiger partial charge is 0.147 e. The molecule has 12 heavy (non-hydrogen) atoms. The van der Waals surface area contributed by atoms with Crippen molar-refractivity contribution in [1.82, 2.24) is 4.90 Å². The largest absolute Gasteiger partial charge is 0.298 e. The Hall–Kier alpha value is -0.370. The summed E-state index contributed by atoms with van der Waals surface area (Å²) in [5.41, 5.74) is 0. The minimum atomic E-state index is 0.248. The zero-order chi connectivity index (χ0) is 8.72. The summed E-state index contributed by atoms with van der Waals surface area (Å²) in [6, 6.07) is 0.248. The summed E-state index contributed by atoms with van der Waals surface area (Å²) >= 11 is 0. The van der Waals surface area contributed by atoms with Gasteiger partial charge in [-0.25, -0.2) is 0 Å². The van der Waals surface area contributed by atoms with Crippen LogP contribution in [0, 0.1) is 11.8 Å². The molecule has 0 aromatic rings. The Kier molecular flexibility index (Phi) is 1.95. The van der Waals surface area contributed by atoms with Crippen molar-refractivity contribution in [3.63, 3.8) is 0 Å². The summed E-state index contributed by atoms with van der Waals surface area (Å²) in [6.45, 7) is 2.89. The van der Waals surface area contributed by atoms with Crippen LogP contribution in [-0.2, 0) is 4.79 Å². The third-order valence-corrected chi connectivity index (χ3v) is 3.54. The topological polar surface area (TPSA) is 20.3 Å². The monoisotopic (exact) mass is 167 g/mol. The Labute approximate surface area is 73.9 Å². The number of nitrogens with zero attached hydrogens (tertiary/aromatic N) is 1. The first-order valence-electron chi connectivity index (χ1n) is 4.91. The van der Waals surface area contributed by atoms with Gasteiger partial charge >= 0.3 is 0 Å². The van der Waals surface area contributed by atoms with E-state index in [-0.39, 0.29) is 6.04 Å². The highest BCUT2D eigenvalue weighted by Gasteiger charge is 2.44. The zero-order valence-electron chi connectivity index (χ0n) is 7.92. The maximum atomic E-state index is 11.4. The number of carbonyl (C=O) groups excluding carboxylic acids is 1. The van der Waals surface area contributed by atoms with Gasteiger partial charge in [-0.15, -0.1) is 0 Å². The Bertz CT molecular complexity index is 202. The molecule has 2 rings (SSSR count). The van der Waals surface area contributed by atoms with Crippen LogP contribution < -0.4 is 0 Å². The first kappa shape index (κ1) is 8.24. The number of fused-ring (bicyclic) bond motifs is 1. The average molecular weight is 167 g/mol. The minimum absolute atomic E-state index is 0.248. The lowest BCUT2D eigenvalue weighted by Crippen LogP contribution is -2.35. The highest BCUT2D eigenvalue weighted by Crippen LogP contribution is 2.41. The zero-order valence-corrected chi connectivity index (χ0v) is 7.92. The van der Waals surface area contributed by atoms with Gasteiger partial charge in [0, 0.05) is 6.54 Å². The maximum Gasteiger partial charge on any atom is 0.147 e. The van der Waals surface area contributed by atoms with Crippen molar-refractivity contribution in [2.45, 2.75) is 32.2 Å². The summed E-state index contributed by atoms with van der Waals surface area (Å²) in [7, 11) is 2.09. The number of carbonyl (C=O) groups is 1. The predicted octanol–water partition coefficient (Wildman–Crippen LogP) is 1.31. The van der Waals surface area contributed by atoms with Gasteiger partial charge < -0.3 is 0 Å². The van der Waals surface area contributed by atoms with Gasteiger partial charge in [0.05, 0.1) is 6.04 Å². The average Bonchev–Trinajstić information content (AvgIpc) is 2.44. The first-order valence-corrected chi connectivity index (χ1v) is 4.91. The number of likely N-dealkylation sites (N-methyl/N-ethyl adjacent to an activating group) is 1. The quantitative estimate of drug-likeness (QED) is 0.587. The molecule has 0 aromatic carbocycles. The Balaban J connectivity index is 2.15. The predicted molar refractivity (Wildman–Crippen MR) is 47.9 cm³/mol. The molecule has 0 aromatic heterocycles. The van der Waals surface area contributed by atoms with E-state index in [9.17, 15) is 4.79 Å². The van der Waals surface area contributed by atoms with Gasteiger partial charge in [0.1, 0.15) is 5.78 Å². The molecule has 2 nitrogen and oxygen atoms in total. The molecule has 0 spiro atoms. The van der Waals surface area contributed by atoms with Gasteiger partial charge in [0.25, 0.3) is 0 Å².